The number of likely N-dealkylation sites (tertiary alicyclic amines) is 1. The molecule has 206 valence electrons. The van der Waals surface area contributed by atoms with Crippen LogP contribution in [0.3, 0.4) is 0 Å². The van der Waals surface area contributed by atoms with Crippen molar-refractivity contribution in [3.63, 3.8) is 0 Å². The van der Waals surface area contributed by atoms with Crippen molar-refractivity contribution >= 4 is 58.6 Å². The molecule has 1 aliphatic heterocycles. The van der Waals surface area contributed by atoms with Crippen LogP contribution in [0, 0.1) is 0 Å². The highest BCUT2D eigenvalue weighted by Crippen LogP contribution is 2.28. The van der Waals surface area contributed by atoms with Gasteiger partial charge in [0.2, 0.25) is 0 Å². The largest absolute Gasteiger partial charge is 0.388 e. The lowest BCUT2D eigenvalue weighted by Crippen LogP contribution is -2.47. The zero-order chi connectivity index (χ0) is 25.6. The average molecular weight is 590 g/mol. The number of aromatic nitrogens is 6. The molecule has 13 heteroatoms. The van der Waals surface area contributed by atoms with Gasteiger partial charge in [-0.15, -0.1) is 24.8 Å². The van der Waals surface area contributed by atoms with Gasteiger partial charge in [-0.3, -0.25) is 18.9 Å². The number of fused-ring (bicyclic) bond motifs is 2. The third kappa shape index (κ3) is 5.56. The Morgan fingerprint density at radius 2 is 1.77 bits per heavy atom. The lowest BCUT2D eigenvalue weighted by molar-refractivity contribution is -0.0364. The minimum absolute atomic E-state index is 0. The Morgan fingerprint density at radius 1 is 1.03 bits per heavy atom. The Hall–Kier alpha value is -2.93. The lowest BCUT2D eigenvalue weighted by Gasteiger charge is -2.38. The number of aliphatic hydroxyl groups is 1. The van der Waals surface area contributed by atoms with Crippen LogP contribution < -0.4 is 11.3 Å². The predicted octanol–water partition coefficient (Wildman–Crippen LogP) is 3.13. The molecule has 0 unspecified atom stereocenters. The van der Waals surface area contributed by atoms with E-state index in [0.29, 0.717) is 30.4 Å². The summed E-state index contributed by atoms with van der Waals surface area (Å²) in [6.07, 6.45) is 2.65. The van der Waals surface area contributed by atoms with Crippen molar-refractivity contribution in [3.05, 3.63) is 70.3 Å². The van der Waals surface area contributed by atoms with Gasteiger partial charge in [-0.25, -0.2) is 4.98 Å². The van der Waals surface area contributed by atoms with Crippen molar-refractivity contribution in [3.8, 4) is 11.3 Å². The number of nitrogens with two attached hydrogens (primary N) is 1. The van der Waals surface area contributed by atoms with E-state index in [1.54, 1.807) is 4.68 Å². The first-order valence-corrected chi connectivity index (χ1v) is 13.0. The van der Waals surface area contributed by atoms with Gasteiger partial charge in [0.15, 0.2) is 5.52 Å². The molecule has 0 spiro atoms. The lowest BCUT2D eigenvalue weighted by atomic mass is 9.91. The number of benzene rings is 2. The Kier molecular flexibility index (Phi) is 8.69. The third-order valence-corrected chi connectivity index (χ3v) is 7.83. The summed E-state index contributed by atoms with van der Waals surface area (Å²) in [4.78, 5) is 20.3. The number of piperidine rings is 1. The van der Waals surface area contributed by atoms with Crippen LogP contribution in [0.15, 0.2) is 53.6 Å². The Morgan fingerprint density at radius 3 is 2.49 bits per heavy atom. The number of aryl methyl sites for hydroxylation is 1. The van der Waals surface area contributed by atoms with Crippen LogP contribution in [-0.2, 0) is 26.7 Å². The van der Waals surface area contributed by atoms with Crippen molar-refractivity contribution in [1.29, 1.82) is 0 Å². The van der Waals surface area contributed by atoms with Crippen molar-refractivity contribution in [1.82, 2.24) is 33.0 Å². The maximum Gasteiger partial charge on any atom is 0.281 e. The van der Waals surface area contributed by atoms with Crippen molar-refractivity contribution in [2.45, 2.75) is 38.1 Å². The van der Waals surface area contributed by atoms with Gasteiger partial charge in [0.05, 0.1) is 35.9 Å². The average Bonchev–Trinajstić information content (AvgIpc) is 3.52. The molecule has 5 aromatic rings. The second-order valence-electron chi connectivity index (χ2n) is 9.80. The minimum atomic E-state index is -0.987. The van der Waals surface area contributed by atoms with Gasteiger partial charge >= 0.3 is 0 Å². The molecule has 1 fully saturated rings. The van der Waals surface area contributed by atoms with E-state index in [4.69, 9.17) is 5.73 Å². The SMILES string of the molecule is Cl.Cl.Cn1nc2c(=O)n(CC3(O)CCN(Cc4cccc5nsnc45)CC3)cnc2c1-c1ccc(CN)cc1. The van der Waals surface area contributed by atoms with E-state index in [2.05, 4.69) is 29.8 Å². The van der Waals surface area contributed by atoms with Crippen LogP contribution in [0.1, 0.15) is 24.0 Å². The summed E-state index contributed by atoms with van der Waals surface area (Å²) >= 11 is 1.23. The summed E-state index contributed by atoms with van der Waals surface area (Å²) in [6.45, 7) is 2.86. The summed E-state index contributed by atoms with van der Waals surface area (Å²) in [5.74, 6) is 0. The first-order valence-electron chi connectivity index (χ1n) is 12.3. The number of rotatable bonds is 6. The van der Waals surface area contributed by atoms with Gasteiger partial charge in [-0.2, -0.15) is 13.8 Å². The molecule has 1 saturated heterocycles. The van der Waals surface area contributed by atoms with Crippen LogP contribution in [0.25, 0.3) is 33.3 Å². The third-order valence-electron chi connectivity index (χ3n) is 7.29. The van der Waals surface area contributed by atoms with Crippen LogP contribution in [0.2, 0.25) is 0 Å². The Balaban J connectivity index is 0.00000176. The highest BCUT2D eigenvalue weighted by atomic mass is 35.5. The van der Waals surface area contributed by atoms with E-state index in [-0.39, 0.29) is 36.9 Å². The number of nitrogens with zero attached hydrogens (tertiary/aromatic N) is 7. The van der Waals surface area contributed by atoms with Gasteiger partial charge in [0, 0.05) is 38.8 Å². The van der Waals surface area contributed by atoms with Crippen LogP contribution in [0.5, 0.6) is 0 Å². The first-order chi connectivity index (χ1) is 17.9. The summed E-state index contributed by atoms with van der Waals surface area (Å²) in [6, 6.07) is 13.9. The topological polar surface area (TPSA) is 128 Å². The van der Waals surface area contributed by atoms with E-state index in [1.165, 1.54) is 22.6 Å². The Bertz CT molecular complexity index is 1640. The van der Waals surface area contributed by atoms with E-state index < -0.39 is 5.60 Å². The molecule has 3 N–H and O–H groups in total. The van der Waals surface area contributed by atoms with Crippen LogP contribution in [-0.4, -0.2) is 56.8 Å². The summed E-state index contributed by atoms with van der Waals surface area (Å²) in [7, 11) is 1.81. The molecule has 0 atom stereocenters. The van der Waals surface area contributed by atoms with E-state index >= 15 is 0 Å². The molecule has 2 aromatic carbocycles. The molecular formula is C26H30Cl2N8O2S. The second kappa shape index (κ2) is 11.7. The van der Waals surface area contributed by atoms with Crippen molar-refractivity contribution < 1.29 is 5.11 Å². The number of halogens is 2. The maximum absolute atomic E-state index is 13.3. The second-order valence-corrected chi connectivity index (χ2v) is 10.3. The quantitative estimate of drug-likeness (QED) is 0.309. The van der Waals surface area contributed by atoms with E-state index in [9.17, 15) is 9.90 Å². The predicted molar refractivity (Wildman–Crippen MR) is 157 cm³/mol. The highest BCUT2D eigenvalue weighted by Gasteiger charge is 2.33. The van der Waals surface area contributed by atoms with Crippen LogP contribution in [0.4, 0.5) is 0 Å². The van der Waals surface area contributed by atoms with Gasteiger partial charge in [0.1, 0.15) is 16.6 Å². The molecule has 4 heterocycles. The fourth-order valence-electron chi connectivity index (χ4n) is 5.16. The molecule has 0 aliphatic carbocycles. The van der Waals surface area contributed by atoms with Gasteiger partial charge < -0.3 is 10.8 Å². The monoisotopic (exact) mass is 588 g/mol. The number of hydrogen-bond acceptors (Lipinski definition) is 9. The minimum Gasteiger partial charge on any atom is -0.388 e. The van der Waals surface area contributed by atoms with Gasteiger partial charge in [0.25, 0.3) is 5.56 Å². The molecule has 10 nitrogen and oxygen atoms in total. The molecule has 0 radical (unpaired) electrons. The van der Waals surface area contributed by atoms with Crippen LogP contribution >= 0.6 is 36.5 Å². The molecule has 1 aliphatic rings. The van der Waals surface area contributed by atoms with Gasteiger partial charge in [-0.1, -0.05) is 36.4 Å². The first kappa shape index (κ1) is 29.1. The van der Waals surface area contributed by atoms with E-state index in [0.717, 1.165) is 53.1 Å². The molecule has 0 amide bonds. The highest BCUT2D eigenvalue weighted by molar-refractivity contribution is 7.00. The molecule has 39 heavy (non-hydrogen) atoms. The zero-order valence-corrected chi connectivity index (χ0v) is 23.8. The van der Waals surface area contributed by atoms with Crippen molar-refractivity contribution in [2.24, 2.45) is 12.8 Å². The molecule has 0 saturated carbocycles. The molecule has 3 aromatic heterocycles. The zero-order valence-electron chi connectivity index (χ0n) is 21.4. The fourth-order valence-corrected chi connectivity index (χ4v) is 5.73. The van der Waals surface area contributed by atoms with Crippen molar-refractivity contribution in [2.75, 3.05) is 13.1 Å². The standard InChI is InChI=1S/C26H28N8O2S.2ClH/c1-32-24(18-7-5-17(13-27)6-8-18)22-23(29-32)25(35)34(16-28-22)15-26(36)9-11-33(12-10-26)14-19-3-2-4-20-21(19)31-37-30-20;;/h2-8,16,36H,9-15,27H2,1H3;2*1H. The fraction of sp³-hybridized carbons (Fsp3) is 0.346. The smallest absolute Gasteiger partial charge is 0.281 e. The summed E-state index contributed by atoms with van der Waals surface area (Å²) < 4.78 is 11.9. The summed E-state index contributed by atoms with van der Waals surface area (Å²) in [5.41, 5.74) is 11.1. The normalized spacial score (nSPS) is 15.3. The van der Waals surface area contributed by atoms with E-state index in [1.807, 2.05) is 43.4 Å². The Labute approximate surface area is 241 Å². The summed E-state index contributed by atoms with van der Waals surface area (Å²) in [5, 5.41) is 15.8. The number of hydrogen-bond donors (Lipinski definition) is 2. The molecule has 6 rings (SSSR count). The molecule has 0 bridgehead atoms. The molecular weight excluding hydrogens is 559 g/mol. The van der Waals surface area contributed by atoms with Gasteiger partial charge in [-0.05, 0) is 30.0 Å². The maximum atomic E-state index is 13.3.